The zero-order valence-corrected chi connectivity index (χ0v) is 11.5. The van der Waals surface area contributed by atoms with Gasteiger partial charge in [0.15, 0.2) is 0 Å². The molecule has 1 amide bonds. The van der Waals surface area contributed by atoms with Crippen LogP contribution in [0.25, 0.3) is 0 Å². The summed E-state index contributed by atoms with van der Waals surface area (Å²) in [4.78, 5) is 14.4. The van der Waals surface area contributed by atoms with Gasteiger partial charge in [0.05, 0.1) is 0 Å². The summed E-state index contributed by atoms with van der Waals surface area (Å²) in [5, 5.41) is 3.12. The van der Waals surface area contributed by atoms with Crippen LogP contribution in [0.1, 0.15) is 45.4 Å². The van der Waals surface area contributed by atoms with Gasteiger partial charge < -0.3 is 5.32 Å². The second-order valence-corrected chi connectivity index (χ2v) is 5.58. The maximum Gasteiger partial charge on any atom is 0.220 e. The summed E-state index contributed by atoms with van der Waals surface area (Å²) >= 11 is 0. The van der Waals surface area contributed by atoms with E-state index in [1.807, 2.05) is 0 Å². The van der Waals surface area contributed by atoms with Gasteiger partial charge in [0.25, 0.3) is 0 Å². The van der Waals surface area contributed by atoms with E-state index in [2.05, 4.69) is 29.3 Å². The fourth-order valence-electron chi connectivity index (χ4n) is 3.05. The first kappa shape index (κ1) is 13.6. The molecule has 0 unspecified atom stereocenters. The number of nitrogens with zero attached hydrogens (tertiary/aromatic N) is 1. The van der Waals surface area contributed by atoms with Crippen LogP contribution in [0.2, 0.25) is 0 Å². The summed E-state index contributed by atoms with van der Waals surface area (Å²) in [6.07, 6.45) is 11.1. The largest absolute Gasteiger partial charge is 0.355 e. The second kappa shape index (κ2) is 6.93. The Kier molecular flexibility index (Phi) is 5.24. The van der Waals surface area contributed by atoms with Crippen molar-refractivity contribution in [2.45, 2.75) is 51.5 Å². The minimum absolute atomic E-state index is 0.226. The maximum atomic E-state index is 11.9. The molecule has 3 heteroatoms. The van der Waals surface area contributed by atoms with Crippen LogP contribution in [-0.4, -0.2) is 36.5 Å². The van der Waals surface area contributed by atoms with E-state index in [0.717, 1.165) is 25.8 Å². The maximum absolute atomic E-state index is 11.9. The van der Waals surface area contributed by atoms with Crippen LogP contribution in [0.5, 0.6) is 0 Å². The molecule has 3 nitrogen and oxygen atoms in total. The fraction of sp³-hybridized carbons (Fsp3) is 0.800. The predicted octanol–water partition coefficient (Wildman–Crippen LogP) is 2.33. The van der Waals surface area contributed by atoms with Gasteiger partial charge in [0.2, 0.25) is 5.91 Å². The van der Waals surface area contributed by atoms with Crippen LogP contribution in [0.4, 0.5) is 0 Å². The van der Waals surface area contributed by atoms with E-state index in [1.165, 1.54) is 25.9 Å². The molecule has 1 fully saturated rings. The molecule has 0 aromatic heterocycles. The predicted molar refractivity (Wildman–Crippen MR) is 74.4 cm³/mol. The van der Waals surface area contributed by atoms with Crippen molar-refractivity contribution >= 4 is 5.91 Å². The third-order valence-electron chi connectivity index (χ3n) is 4.22. The van der Waals surface area contributed by atoms with Gasteiger partial charge in [-0.3, -0.25) is 9.69 Å². The van der Waals surface area contributed by atoms with Gasteiger partial charge in [0.1, 0.15) is 0 Å². The molecule has 102 valence electrons. The van der Waals surface area contributed by atoms with Crippen LogP contribution in [0.3, 0.4) is 0 Å². The molecular formula is C15H26N2O. The van der Waals surface area contributed by atoms with Crippen molar-refractivity contribution < 1.29 is 4.79 Å². The van der Waals surface area contributed by atoms with Crippen LogP contribution < -0.4 is 5.32 Å². The van der Waals surface area contributed by atoms with Gasteiger partial charge in [-0.15, -0.1) is 0 Å². The Bertz CT molecular complexity index is 295. The van der Waals surface area contributed by atoms with Crippen molar-refractivity contribution in [3.05, 3.63) is 12.2 Å². The molecule has 0 bridgehead atoms. The van der Waals surface area contributed by atoms with Gasteiger partial charge >= 0.3 is 0 Å². The quantitative estimate of drug-likeness (QED) is 0.734. The Labute approximate surface area is 111 Å². The van der Waals surface area contributed by atoms with Crippen LogP contribution in [0.15, 0.2) is 12.2 Å². The molecule has 1 heterocycles. The van der Waals surface area contributed by atoms with Gasteiger partial charge in [-0.25, -0.2) is 0 Å². The lowest BCUT2D eigenvalue weighted by Gasteiger charge is -2.26. The number of carbonyl (C=O) groups is 1. The zero-order chi connectivity index (χ0) is 12.8. The highest BCUT2D eigenvalue weighted by molar-refractivity contribution is 5.76. The topological polar surface area (TPSA) is 32.3 Å². The summed E-state index contributed by atoms with van der Waals surface area (Å²) in [6.45, 7) is 5.46. The Morgan fingerprint density at radius 1 is 1.44 bits per heavy atom. The first-order valence-electron chi connectivity index (χ1n) is 7.47. The molecule has 2 aliphatic rings. The van der Waals surface area contributed by atoms with Gasteiger partial charge in [-0.05, 0) is 51.1 Å². The summed E-state index contributed by atoms with van der Waals surface area (Å²) in [6, 6.07) is 0.538. The molecule has 1 aliphatic heterocycles. The molecule has 1 N–H and O–H groups in total. The first-order chi connectivity index (χ1) is 8.79. The molecule has 0 aromatic carbocycles. The molecule has 18 heavy (non-hydrogen) atoms. The highest BCUT2D eigenvalue weighted by Gasteiger charge is 2.21. The van der Waals surface area contributed by atoms with E-state index >= 15 is 0 Å². The third-order valence-corrected chi connectivity index (χ3v) is 4.22. The van der Waals surface area contributed by atoms with Crippen molar-refractivity contribution in [2.24, 2.45) is 5.92 Å². The number of amides is 1. The van der Waals surface area contributed by atoms with Crippen molar-refractivity contribution in [1.82, 2.24) is 10.2 Å². The molecule has 1 saturated heterocycles. The number of likely N-dealkylation sites (tertiary alicyclic amines) is 1. The minimum Gasteiger partial charge on any atom is -0.355 e. The van der Waals surface area contributed by atoms with Crippen molar-refractivity contribution in [3.63, 3.8) is 0 Å². The van der Waals surface area contributed by atoms with Crippen molar-refractivity contribution in [1.29, 1.82) is 0 Å². The van der Waals surface area contributed by atoms with E-state index < -0.39 is 0 Å². The average Bonchev–Trinajstić information content (AvgIpc) is 3.02. The lowest BCUT2D eigenvalue weighted by molar-refractivity contribution is -0.121. The Morgan fingerprint density at radius 3 is 2.83 bits per heavy atom. The molecule has 0 saturated carbocycles. The summed E-state index contributed by atoms with van der Waals surface area (Å²) in [5.41, 5.74) is 0. The number of hydrogen-bond acceptors (Lipinski definition) is 2. The fourth-order valence-corrected chi connectivity index (χ4v) is 3.05. The van der Waals surface area contributed by atoms with E-state index in [0.29, 0.717) is 18.4 Å². The van der Waals surface area contributed by atoms with Gasteiger partial charge in [-0.1, -0.05) is 19.1 Å². The van der Waals surface area contributed by atoms with E-state index in [4.69, 9.17) is 0 Å². The van der Waals surface area contributed by atoms with Crippen molar-refractivity contribution in [3.8, 4) is 0 Å². The summed E-state index contributed by atoms with van der Waals surface area (Å²) in [7, 11) is 0. The molecule has 2 rings (SSSR count). The Balaban J connectivity index is 1.68. The highest BCUT2D eigenvalue weighted by atomic mass is 16.1. The van der Waals surface area contributed by atoms with E-state index in [9.17, 15) is 4.79 Å². The van der Waals surface area contributed by atoms with E-state index in [1.54, 1.807) is 0 Å². The lowest BCUT2D eigenvalue weighted by atomic mass is 10.0. The normalized spacial score (nSPS) is 25.5. The summed E-state index contributed by atoms with van der Waals surface area (Å²) in [5.74, 6) is 0.709. The molecule has 0 radical (unpaired) electrons. The number of carbonyl (C=O) groups excluding carboxylic acids is 1. The van der Waals surface area contributed by atoms with Gasteiger partial charge in [-0.2, -0.15) is 0 Å². The van der Waals surface area contributed by atoms with Crippen molar-refractivity contribution in [2.75, 3.05) is 19.6 Å². The average molecular weight is 250 g/mol. The molecule has 0 aromatic rings. The van der Waals surface area contributed by atoms with Gasteiger partial charge in [0, 0.05) is 19.0 Å². The first-order valence-corrected chi connectivity index (χ1v) is 7.47. The SMILES string of the molecule is CC[C@@H](CNC(=O)C[C@H]1C=CCC1)N1CCCC1. The monoisotopic (exact) mass is 250 g/mol. The number of nitrogens with one attached hydrogen (secondary N) is 1. The van der Waals surface area contributed by atoms with Crippen LogP contribution in [0, 0.1) is 5.92 Å². The minimum atomic E-state index is 0.226. The smallest absolute Gasteiger partial charge is 0.220 e. The van der Waals surface area contributed by atoms with Crippen LogP contribution >= 0.6 is 0 Å². The highest BCUT2D eigenvalue weighted by Crippen LogP contribution is 2.20. The standard InChI is InChI=1S/C15H26N2O/c1-2-14(17-9-5-6-10-17)12-16-15(18)11-13-7-3-4-8-13/h3,7,13-14H,2,4-6,8-12H2,1H3,(H,16,18)/t13-,14-/m0/s1. The van der Waals surface area contributed by atoms with Crippen LogP contribution in [-0.2, 0) is 4.79 Å². The number of allylic oxidation sites excluding steroid dienone is 2. The molecule has 2 atom stereocenters. The number of rotatable bonds is 6. The molecule has 0 spiro atoms. The second-order valence-electron chi connectivity index (χ2n) is 5.58. The zero-order valence-electron chi connectivity index (χ0n) is 11.5. The Hall–Kier alpha value is -0.830. The Morgan fingerprint density at radius 2 is 2.22 bits per heavy atom. The van der Waals surface area contributed by atoms with E-state index in [-0.39, 0.29) is 5.91 Å². The molecular weight excluding hydrogens is 224 g/mol. The lowest BCUT2D eigenvalue weighted by Crippen LogP contribution is -2.42. The number of hydrogen-bond donors (Lipinski definition) is 1. The third kappa shape index (κ3) is 3.84. The molecule has 1 aliphatic carbocycles. The summed E-state index contributed by atoms with van der Waals surface area (Å²) < 4.78 is 0.